The first-order chi connectivity index (χ1) is 52.8. The number of amides is 1. The summed E-state index contributed by atoms with van der Waals surface area (Å²) >= 11 is 20.0. The van der Waals surface area contributed by atoms with Crippen molar-refractivity contribution in [1.82, 2.24) is 25.5 Å². The minimum Gasteiger partial charge on any atom is -0.508 e. The number of Topliss-reactive ketones (excluding diaryl/α,β-unsaturated/α-hetero) is 1. The van der Waals surface area contributed by atoms with Crippen molar-refractivity contribution >= 4 is 116 Å². The van der Waals surface area contributed by atoms with Gasteiger partial charge in [0.25, 0.3) is 5.91 Å². The fourth-order valence-corrected chi connectivity index (χ4v) is 11.8. The summed E-state index contributed by atoms with van der Waals surface area (Å²) in [4.78, 5) is 40.3. The number of aliphatic hydroxyl groups is 1. The quantitative estimate of drug-likeness (QED) is 0.00541. The SMILES string of the molecule is CC(C)c1cc(C(=O)NN)c(O)cc1O.CCCN(C)c1cc(-n2c(-c3cc(C(C)C)c(O)cc3O)n[nH]c2=S)ccc1OC.CCCN(C)c1cc(N=C=S)ccc1OC.CCCN(C)c1cc(N=C=S)ccc1OC.CCCN(C)c1cc(NC(=S)NCC(=O)c2cc(C(C)C)c(O)cc2O)ccc1OC.CCO. The van der Waals surface area contributed by atoms with Gasteiger partial charge in [0, 0.05) is 84.9 Å². The zero-order valence-corrected chi connectivity index (χ0v) is 70.3. The van der Waals surface area contributed by atoms with Gasteiger partial charge < -0.3 is 84.9 Å². The molecule has 1 amide bonds. The highest BCUT2D eigenvalue weighted by molar-refractivity contribution is 7.80. The number of hydrogen-bond donors (Lipinski definition) is 12. The highest BCUT2D eigenvalue weighted by atomic mass is 32.1. The monoisotopic (exact) mass is 1600 g/mol. The third-order valence-corrected chi connectivity index (χ3v) is 17.4. The van der Waals surface area contributed by atoms with Crippen LogP contribution in [0.15, 0.2) is 119 Å². The van der Waals surface area contributed by atoms with Crippen LogP contribution in [-0.4, -0.2) is 174 Å². The largest absolute Gasteiger partial charge is 0.508 e. The number of benzene rings is 7. The summed E-state index contributed by atoms with van der Waals surface area (Å²) in [6.07, 6.45) is 4.17. The predicted octanol–water partition coefficient (Wildman–Crippen LogP) is 16.6. The highest BCUT2D eigenvalue weighted by Crippen LogP contribution is 2.41. The number of aromatic hydroxyl groups is 6. The molecule has 1 heterocycles. The Hall–Kier alpha value is -10.6. The second-order valence-electron chi connectivity index (χ2n) is 26.0. The molecule has 0 bridgehead atoms. The molecule has 13 N–H and O–H groups in total. The number of anilines is 5. The normalized spacial score (nSPS) is 10.3. The molecule has 26 nitrogen and oxygen atoms in total. The zero-order valence-electron chi connectivity index (χ0n) is 67.1. The Morgan fingerprint density at radius 1 is 0.541 bits per heavy atom. The number of aliphatic imine (C=N–C) groups is 2. The molecule has 0 aliphatic rings. The van der Waals surface area contributed by atoms with Gasteiger partial charge in [-0.1, -0.05) is 69.2 Å². The average Bonchev–Trinajstić information content (AvgIpc) is 1.53. The molecule has 7 aromatic carbocycles. The molecule has 0 saturated carbocycles. The number of isothiocyanates is 2. The Morgan fingerprint density at radius 2 is 0.910 bits per heavy atom. The minimum atomic E-state index is -0.589. The van der Waals surface area contributed by atoms with Crippen molar-refractivity contribution in [2.75, 3.05) is 121 Å². The number of thiocarbonyl (C=S) groups is 3. The van der Waals surface area contributed by atoms with Crippen molar-refractivity contribution < 1.29 is 64.3 Å². The first-order valence-electron chi connectivity index (χ1n) is 36.1. The van der Waals surface area contributed by atoms with Gasteiger partial charge in [0.15, 0.2) is 21.5 Å². The van der Waals surface area contributed by atoms with Gasteiger partial charge in [0.05, 0.1) is 102 Å². The Labute approximate surface area is 674 Å². The predicted molar refractivity (Wildman–Crippen MR) is 461 cm³/mol. The topological polar surface area (TPSA) is 346 Å². The fraction of sp³-hybridized carbons (Fsp3) is 0.395. The molecule has 602 valence electrons. The van der Waals surface area contributed by atoms with Crippen molar-refractivity contribution in [1.29, 1.82) is 0 Å². The molecule has 0 fully saturated rings. The fourth-order valence-electron chi connectivity index (χ4n) is 11.2. The van der Waals surface area contributed by atoms with Crippen LogP contribution < -0.4 is 60.4 Å². The van der Waals surface area contributed by atoms with E-state index in [4.69, 9.17) is 54.3 Å². The van der Waals surface area contributed by atoms with E-state index in [0.717, 1.165) is 132 Å². The standard InChI is InChI=1S/C23H31N3O4S.C22H28N4O3S.2C12H16N2OS.C10H14N2O3.C2H6O/c1-6-9-26(4)18-10-15(7-8-22(18)30-5)25-23(31)24-13-21(29)17-11-16(14(2)3)19(27)12-20(17)28;1-6-9-25(4)17-10-14(7-8-20(17)29-5)26-21(23-24-22(26)30)16-11-15(13(2)3)18(27)12-19(16)28;2*1-4-7-14(2)11-8-10(13-9-16)5-6-12(11)15-3;1-5(2)6-3-7(10(15)12-11)9(14)4-8(6)13;1-2-3/h7-8,10-12,14,27-28H,6,9,13H2,1-5H3,(H2,24,25,31);7-8,10-13,27-28H,6,9H2,1-5H3,(H,24,30);2*5-6,8H,4,7H2,1-3H3;3-5,13-14H,11H2,1-2H3,(H,12,15);3H,2H2,1H3. The molecule has 0 aliphatic heterocycles. The molecular weight excluding hydrogens is 1490 g/mol. The molecule has 0 spiro atoms. The number of aliphatic hydroxyl groups excluding tert-OH is 1. The Kier molecular flexibility index (Phi) is 41.1. The maximum absolute atomic E-state index is 12.6. The lowest BCUT2D eigenvalue weighted by molar-refractivity contribution is 0.0949. The number of hydrazine groups is 1. The van der Waals surface area contributed by atoms with Gasteiger partial charge in [0.1, 0.15) is 57.5 Å². The number of ketones is 1. The van der Waals surface area contributed by atoms with Gasteiger partial charge in [-0.3, -0.25) is 24.7 Å². The van der Waals surface area contributed by atoms with Crippen molar-refractivity contribution in [3.05, 3.63) is 142 Å². The molecule has 30 heteroatoms. The van der Waals surface area contributed by atoms with Gasteiger partial charge in [-0.2, -0.15) is 15.1 Å². The maximum atomic E-state index is 12.6. The lowest BCUT2D eigenvalue weighted by Crippen LogP contribution is -2.33. The Bertz CT molecular complexity index is 4430. The summed E-state index contributed by atoms with van der Waals surface area (Å²) in [6.45, 7) is 25.6. The summed E-state index contributed by atoms with van der Waals surface area (Å²) < 4.78 is 23.8. The number of ether oxygens (including phenoxy) is 4. The van der Waals surface area contributed by atoms with E-state index in [1.807, 2.05) is 148 Å². The maximum Gasteiger partial charge on any atom is 0.268 e. The summed E-state index contributed by atoms with van der Waals surface area (Å²) in [5, 5.41) is 85.4. The lowest BCUT2D eigenvalue weighted by Gasteiger charge is -2.22. The molecule has 1 aromatic heterocycles. The third-order valence-electron chi connectivity index (χ3n) is 16.7. The molecule has 0 aliphatic carbocycles. The molecule has 0 unspecified atom stereocenters. The van der Waals surface area contributed by atoms with Crippen LogP contribution in [0.4, 0.5) is 39.8 Å². The van der Waals surface area contributed by atoms with E-state index >= 15 is 0 Å². The van der Waals surface area contributed by atoms with E-state index in [0.29, 0.717) is 27.3 Å². The van der Waals surface area contributed by atoms with E-state index in [9.17, 15) is 40.2 Å². The number of phenolic OH excluding ortho intramolecular Hbond substituents is 6. The smallest absolute Gasteiger partial charge is 0.268 e. The zero-order chi connectivity index (χ0) is 83.4. The Balaban J connectivity index is 0.000000369. The third kappa shape index (κ3) is 28.1. The van der Waals surface area contributed by atoms with Gasteiger partial charge in [0.2, 0.25) is 0 Å². The molecule has 0 atom stereocenters. The van der Waals surface area contributed by atoms with Crippen LogP contribution in [0.2, 0.25) is 0 Å². The van der Waals surface area contributed by atoms with Crippen LogP contribution in [0.1, 0.15) is 157 Å². The second-order valence-corrected chi connectivity index (χ2v) is 27.2. The molecular formula is C81H111N13O13S4. The minimum absolute atomic E-state index is 0.0120. The number of methoxy groups -OCH3 is 4. The number of aromatic nitrogens is 3. The average molecular weight is 1600 g/mol. The number of nitrogens with one attached hydrogen (secondary N) is 4. The van der Waals surface area contributed by atoms with Crippen LogP contribution in [0.25, 0.3) is 17.1 Å². The Morgan fingerprint density at radius 3 is 1.31 bits per heavy atom. The van der Waals surface area contributed by atoms with E-state index in [2.05, 4.69) is 113 Å². The van der Waals surface area contributed by atoms with Gasteiger partial charge in [-0.25, -0.2) is 5.84 Å². The van der Waals surface area contributed by atoms with Crippen LogP contribution in [0, 0.1) is 4.77 Å². The van der Waals surface area contributed by atoms with Crippen LogP contribution >= 0.6 is 48.9 Å². The van der Waals surface area contributed by atoms with Crippen molar-refractivity contribution in [3.63, 3.8) is 0 Å². The van der Waals surface area contributed by atoms with Gasteiger partial charge in [-0.05, 0) is 207 Å². The van der Waals surface area contributed by atoms with Crippen LogP contribution in [-0.2, 0) is 0 Å². The highest BCUT2D eigenvalue weighted by Gasteiger charge is 2.23. The lowest BCUT2D eigenvalue weighted by atomic mass is 9.97. The van der Waals surface area contributed by atoms with Crippen LogP contribution in [0.5, 0.6) is 57.5 Å². The number of hydrogen-bond acceptors (Lipinski definition) is 25. The number of H-pyrrole nitrogens is 1. The van der Waals surface area contributed by atoms with Gasteiger partial charge >= 0.3 is 0 Å². The molecule has 8 rings (SSSR count). The number of aromatic amines is 1. The molecule has 0 saturated heterocycles. The number of carbonyl (C=O) groups excluding carboxylic acids is 2. The summed E-state index contributed by atoms with van der Waals surface area (Å²) in [5.41, 5.74) is 11.6. The van der Waals surface area contributed by atoms with Gasteiger partial charge in [-0.15, -0.1) is 0 Å². The molecule has 111 heavy (non-hydrogen) atoms. The summed E-state index contributed by atoms with van der Waals surface area (Å²) in [7, 11) is 14.7. The summed E-state index contributed by atoms with van der Waals surface area (Å²) in [5.74, 6) is 7.25. The van der Waals surface area contributed by atoms with E-state index in [1.165, 1.54) is 24.3 Å². The first kappa shape index (κ1) is 94.7. The number of rotatable bonds is 28. The number of nitrogen functional groups attached to an aromatic ring is 1. The number of nitrogens with zero attached hydrogens (tertiary/aromatic N) is 8. The number of carbonyl (C=O) groups is 2. The summed E-state index contributed by atoms with van der Waals surface area (Å²) in [6, 6.07) is 31.2. The molecule has 0 radical (unpaired) electrons. The van der Waals surface area contributed by atoms with E-state index in [1.54, 1.807) is 46.0 Å². The van der Waals surface area contributed by atoms with Crippen molar-refractivity contribution in [2.45, 2.75) is 120 Å². The number of nitrogens with two attached hydrogens (primary N) is 1. The van der Waals surface area contributed by atoms with Crippen molar-refractivity contribution in [3.8, 4) is 74.6 Å². The van der Waals surface area contributed by atoms with E-state index in [-0.39, 0.29) is 87.4 Å². The van der Waals surface area contributed by atoms with Crippen molar-refractivity contribution in [2.24, 2.45) is 15.8 Å². The van der Waals surface area contributed by atoms with Crippen LogP contribution in [0.3, 0.4) is 0 Å². The second kappa shape index (κ2) is 48.2. The number of phenols is 6. The van der Waals surface area contributed by atoms with E-state index < -0.39 is 5.91 Å². The first-order valence-corrected chi connectivity index (χ1v) is 37.7. The molecule has 8 aromatic rings.